The van der Waals surface area contributed by atoms with E-state index in [-0.39, 0.29) is 5.89 Å². The topological polar surface area (TPSA) is 38.9 Å². The maximum atomic E-state index is 12.6. The Kier molecular flexibility index (Phi) is 3.67. The van der Waals surface area contributed by atoms with Crippen LogP contribution in [0.15, 0.2) is 46.9 Å². The Bertz CT molecular complexity index is 816. The van der Waals surface area contributed by atoms with Gasteiger partial charge in [0.15, 0.2) is 0 Å². The molecule has 0 saturated carbocycles. The first-order chi connectivity index (χ1) is 10.8. The molecule has 23 heavy (non-hydrogen) atoms. The third-order valence-corrected chi connectivity index (χ3v) is 3.35. The van der Waals surface area contributed by atoms with Crippen LogP contribution in [-0.4, -0.2) is 10.2 Å². The molecule has 0 fully saturated rings. The summed E-state index contributed by atoms with van der Waals surface area (Å²) in [6, 6.07) is 10.5. The Hall–Kier alpha value is -2.63. The van der Waals surface area contributed by atoms with Crippen molar-refractivity contribution in [1.29, 1.82) is 0 Å². The third-order valence-electron chi connectivity index (χ3n) is 3.35. The molecule has 118 valence electrons. The first-order valence-electron chi connectivity index (χ1n) is 6.93. The van der Waals surface area contributed by atoms with Crippen LogP contribution in [0.2, 0.25) is 0 Å². The van der Waals surface area contributed by atoms with Gasteiger partial charge in [0.05, 0.1) is 5.56 Å². The monoisotopic (exact) mass is 318 g/mol. The van der Waals surface area contributed by atoms with Gasteiger partial charge in [0.2, 0.25) is 11.8 Å². The second kappa shape index (κ2) is 5.53. The summed E-state index contributed by atoms with van der Waals surface area (Å²) >= 11 is 0. The number of aromatic nitrogens is 2. The van der Waals surface area contributed by atoms with Gasteiger partial charge in [0.25, 0.3) is 0 Å². The fraction of sp³-hybridized carbons (Fsp3) is 0.176. The lowest BCUT2D eigenvalue weighted by atomic mass is 10.1. The van der Waals surface area contributed by atoms with Gasteiger partial charge in [-0.1, -0.05) is 17.2 Å². The molecule has 0 aliphatic carbocycles. The Morgan fingerprint density at radius 3 is 1.83 bits per heavy atom. The minimum atomic E-state index is -4.36. The molecule has 6 heteroatoms. The van der Waals surface area contributed by atoms with Crippen LogP contribution in [0.1, 0.15) is 16.7 Å². The zero-order valence-corrected chi connectivity index (χ0v) is 12.5. The molecule has 0 aliphatic rings. The van der Waals surface area contributed by atoms with E-state index in [4.69, 9.17) is 4.42 Å². The molecule has 0 atom stereocenters. The standard InChI is InChI=1S/C17H13F3N2O/c1-10-7-11(2)9-13(8-10)16-22-21-15(23-16)12-3-5-14(6-4-12)17(18,19)20/h3-9H,1-2H3. The van der Waals surface area contributed by atoms with E-state index in [1.807, 2.05) is 32.0 Å². The molecule has 0 spiro atoms. The normalized spacial score (nSPS) is 11.7. The lowest BCUT2D eigenvalue weighted by Crippen LogP contribution is -2.03. The molecule has 0 radical (unpaired) electrons. The van der Waals surface area contributed by atoms with Crippen LogP contribution in [0.25, 0.3) is 22.9 Å². The fourth-order valence-electron chi connectivity index (χ4n) is 2.36. The molecule has 0 amide bonds. The molecule has 3 rings (SSSR count). The first kappa shape index (κ1) is 15.3. The molecule has 0 N–H and O–H groups in total. The van der Waals surface area contributed by atoms with Crippen molar-refractivity contribution in [2.45, 2.75) is 20.0 Å². The van der Waals surface area contributed by atoms with Crippen molar-refractivity contribution >= 4 is 0 Å². The summed E-state index contributed by atoms with van der Waals surface area (Å²) in [5.74, 6) is 0.527. The van der Waals surface area contributed by atoms with E-state index in [0.29, 0.717) is 11.5 Å². The van der Waals surface area contributed by atoms with E-state index in [9.17, 15) is 13.2 Å². The summed E-state index contributed by atoms with van der Waals surface area (Å²) in [7, 11) is 0. The Morgan fingerprint density at radius 2 is 1.30 bits per heavy atom. The minimum absolute atomic E-state index is 0.188. The summed E-state index contributed by atoms with van der Waals surface area (Å²) < 4.78 is 43.3. The molecule has 0 unspecified atom stereocenters. The number of benzene rings is 2. The maximum absolute atomic E-state index is 12.6. The SMILES string of the molecule is Cc1cc(C)cc(-c2nnc(-c3ccc(C(F)(F)F)cc3)o2)c1. The summed E-state index contributed by atoms with van der Waals surface area (Å²) in [4.78, 5) is 0. The van der Waals surface area contributed by atoms with Gasteiger partial charge in [-0.05, 0) is 50.2 Å². The molecule has 0 bridgehead atoms. The van der Waals surface area contributed by atoms with Crippen LogP contribution in [0.3, 0.4) is 0 Å². The number of hydrogen-bond acceptors (Lipinski definition) is 3. The predicted octanol–water partition coefficient (Wildman–Crippen LogP) is 5.04. The van der Waals surface area contributed by atoms with Crippen LogP contribution in [0, 0.1) is 13.8 Å². The molecule has 0 saturated heterocycles. The van der Waals surface area contributed by atoms with Crippen LogP contribution < -0.4 is 0 Å². The molecule has 0 aliphatic heterocycles. The van der Waals surface area contributed by atoms with E-state index in [1.165, 1.54) is 12.1 Å². The lowest BCUT2D eigenvalue weighted by molar-refractivity contribution is -0.137. The Balaban J connectivity index is 1.92. The van der Waals surface area contributed by atoms with Gasteiger partial charge in [0, 0.05) is 11.1 Å². The average molecular weight is 318 g/mol. The third kappa shape index (κ3) is 3.26. The van der Waals surface area contributed by atoms with Crippen LogP contribution in [0.4, 0.5) is 13.2 Å². The molecule has 1 aromatic heterocycles. The van der Waals surface area contributed by atoms with Gasteiger partial charge in [0.1, 0.15) is 0 Å². The minimum Gasteiger partial charge on any atom is -0.416 e. The van der Waals surface area contributed by atoms with Crippen molar-refractivity contribution < 1.29 is 17.6 Å². The number of halogens is 3. The van der Waals surface area contributed by atoms with E-state index in [1.54, 1.807) is 0 Å². The highest BCUT2D eigenvalue weighted by molar-refractivity contribution is 5.59. The van der Waals surface area contributed by atoms with Crippen LogP contribution in [0.5, 0.6) is 0 Å². The van der Waals surface area contributed by atoms with Gasteiger partial charge in [-0.25, -0.2) is 0 Å². The Labute approximate surface area is 130 Å². The quantitative estimate of drug-likeness (QED) is 0.664. The maximum Gasteiger partial charge on any atom is 0.416 e. The highest BCUT2D eigenvalue weighted by Gasteiger charge is 2.30. The second-order valence-electron chi connectivity index (χ2n) is 5.36. The van der Waals surface area contributed by atoms with Crippen LogP contribution >= 0.6 is 0 Å². The van der Waals surface area contributed by atoms with Gasteiger partial charge in [-0.3, -0.25) is 0 Å². The van der Waals surface area contributed by atoms with Gasteiger partial charge in [-0.2, -0.15) is 13.2 Å². The smallest absolute Gasteiger partial charge is 0.416 e. The number of alkyl halides is 3. The van der Waals surface area contributed by atoms with Crippen molar-refractivity contribution in [3.05, 3.63) is 59.2 Å². The Morgan fingerprint density at radius 1 is 0.783 bits per heavy atom. The van der Waals surface area contributed by atoms with E-state index >= 15 is 0 Å². The van der Waals surface area contributed by atoms with Crippen molar-refractivity contribution in [2.24, 2.45) is 0 Å². The van der Waals surface area contributed by atoms with E-state index in [0.717, 1.165) is 28.8 Å². The summed E-state index contributed by atoms with van der Waals surface area (Å²) in [5.41, 5.74) is 2.65. The van der Waals surface area contributed by atoms with Gasteiger partial charge >= 0.3 is 6.18 Å². The molecule has 3 nitrogen and oxygen atoms in total. The lowest BCUT2D eigenvalue weighted by Gasteiger charge is -2.05. The molecular formula is C17H13F3N2O. The molecule has 1 heterocycles. The second-order valence-corrected chi connectivity index (χ2v) is 5.36. The summed E-state index contributed by atoms with van der Waals surface area (Å²) in [5, 5.41) is 7.89. The van der Waals surface area contributed by atoms with Crippen LogP contribution in [-0.2, 0) is 6.18 Å². The number of aryl methyl sites for hydroxylation is 2. The zero-order valence-electron chi connectivity index (χ0n) is 12.5. The fourth-order valence-corrected chi connectivity index (χ4v) is 2.36. The van der Waals surface area contributed by atoms with Crippen molar-refractivity contribution in [3.8, 4) is 22.9 Å². The first-order valence-corrected chi connectivity index (χ1v) is 6.93. The zero-order chi connectivity index (χ0) is 16.6. The highest BCUT2D eigenvalue weighted by atomic mass is 19.4. The van der Waals surface area contributed by atoms with E-state index < -0.39 is 11.7 Å². The van der Waals surface area contributed by atoms with E-state index in [2.05, 4.69) is 10.2 Å². The predicted molar refractivity (Wildman–Crippen MR) is 79.6 cm³/mol. The summed E-state index contributed by atoms with van der Waals surface area (Å²) in [6.07, 6.45) is -4.36. The average Bonchev–Trinajstić information content (AvgIpc) is 2.95. The molecular weight excluding hydrogens is 305 g/mol. The largest absolute Gasteiger partial charge is 0.416 e. The van der Waals surface area contributed by atoms with Gasteiger partial charge in [-0.15, -0.1) is 10.2 Å². The molecule has 2 aromatic carbocycles. The van der Waals surface area contributed by atoms with Gasteiger partial charge < -0.3 is 4.42 Å². The highest BCUT2D eigenvalue weighted by Crippen LogP contribution is 2.31. The number of nitrogens with zero attached hydrogens (tertiary/aromatic N) is 2. The molecule has 3 aromatic rings. The number of hydrogen-bond donors (Lipinski definition) is 0. The van der Waals surface area contributed by atoms with Crippen molar-refractivity contribution in [2.75, 3.05) is 0 Å². The van der Waals surface area contributed by atoms with Crippen molar-refractivity contribution in [3.63, 3.8) is 0 Å². The van der Waals surface area contributed by atoms with Crippen molar-refractivity contribution in [1.82, 2.24) is 10.2 Å². The number of rotatable bonds is 2. The summed E-state index contributed by atoms with van der Waals surface area (Å²) in [6.45, 7) is 3.92.